The number of hydrogen-bond acceptors (Lipinski definition) is 2. The lowest BCUT2D eigenvalue weighted by atomic mass is 10.2. The van der Waals surface area contributed by atoms with Gasteiger partial charge in [-0.05, 0) is 5.56 Å². The number of nitrogens with one attached hydrogen (secondary N) is 1. The zero-order chi connectivity index (χ0) is 10.7. The van der Waals surface area contributed by atoms with Crippen molar-refractivity contribution in [3.8, 4) is 0 Å². The summed E-state index contributed by atoms with van der Waals surface area (Å²) in [4.78, 5) is 13.1. The number of nitrogens with zero attached hydrogens (tertiary/aromatic N) is 1. The van der Waals surface area contributed by atoms with Gasteiger partial charge in [0.1, 0.15) is 0 Å². The average molecular weight is 206 g/mol. The highest BCUT2D eigenvalue weighted by molar-refractivity contribution is 5.75. The van der Waals surface area contributed by atoms with Crippen LogP contribution in [0.4, 0.5) is 4.79 Å². The van der Waals surface area contributed by atoms with Crippen LogP contribution in [0.25, 0.3) is 0 Å². The Morgan fingerprint density at radius 2 is 2.13 bits per heavy atom. The normalized spacial score (nSPS) is 21.3. The molecule has 0 aliphatic carbocycles. The van der Waals surface area contributed by atoms with Crippen molar-refractivity contribution in [1.82, 2.24) is 10.2 Å². The quantitative estimate of drug-likeness (QED) is 0.743. The van der Waals surface area contributed by atoms with Gasteiger partial charge in [-0.3, -0.25) is 0 Å². The van der Waals surface area contributed by atoms with Gasteiger partial charge in [0.05, 0.1) is 12.6 Å². The van der Waals surface area contributed by atoms with Crippen molar-refractivity contribution in [3.63, 3.8) is 0 Å². The second-order valence-corrected chi connectivity index (χ2v) is 3.71. The van der Waals surface area contributed by atoms with Crippen LogP contribution in [0.2, 0.25) is 0 Å². The van der Waals surface area contributed by atoms with Crippen LogP contribution in [0.3, 0.4) is 0 Å². The molecule has 2 amide bonds. The third-order valence-corrected chi connectivity index (χ3v) is 2.42. The van der Waals surface area contributed by atoms with Gasteiger partial charge in [-0.25, -0.2) is 4.79 Å². The molecule has 0 spiro atoms. The molecule has 0 aromatic heterocycles. The molecule has 0 radical (unpaired) electrons. The Morgan fingerprint density at radius 3 is 2.87 bits per heavy atom. The van der Waals surface area contributed by atoms with Crippen LogP contribution in [0.15, 0.2) is 30.3 Å². The molecule has 0 bridgehead atoms. The highest BCUT2D eigenvalue weighted by Gasteiger charge is 2.23. The monoisotopic (exact) mass is 206 g/mol. The maximum absolute atomic E-state index is 11.4. The third kappa shape index (κ3) is 2.47. The molecule has 15 heavy (non-hydrogen) atoms. The van der Waals surface area contributed by atoms with E-state index in [1.54, 1.807) is 4.90 Å². The molecule has 0 unspecified atom stereocenters. The topological polar surface area (TPSA) is 52.6 Å². The predicted molar refractivity (Wildman–Crippen MR) is 56.3 cm³/mol. The van der Waals surface area contributed by atoms with Crippen molar-refractivity contribution >= 4 is 6.03 Å². The summed E-state index contributed by atoms with van der Waals surface area (Å²) in [7, 11) is 0. The lowest BCUT2D eigenvalue weighted by Gasteiger charge is -2.30. The molecule has 1 aliphatic heterocycles. The van der Waals surface area contributed by atoms with Gasteiger partial charge in [-0.15, -0.1) is 0 Å². The molecule has 0 saturated carbocycles. The van der Waals surface area contributed by atoms with E-state index >= 15 is 0 Å². The number of benzene rings is 1. The van der Waals surface area contributed by atoms with E-state index < -0.39 is 6.10 Å². The zero-order valence-corrected chi connectivity index (χ0v) is 8.39. The van der Waals surface area contributed by atoms with Crippen LogP contribution in [0, 0.1) is 0 Å². The Bertz CT molecular complexity index is 340. The fourth-order valence-electron chi connectivity index (χ4n) is 1.66. The number of urea groups is 1. The summed E-state index contributed by atoms with van der Waals surface area (Å²) >= 11 is 0. The van der Waals surface area contributed by atoms with Crippen molar-refractivity contribution in [1.29, 1.82) is 0 Å². The summed E-state index contributed by atoms with van der Waals surface area (Å²) in [5.74, 6) is 0. The van der Waals surface area contributed by atoms with Gasteiger partial charge in [0.25, 0.3) is 0 Å². The van der Waals surface area contributed by atoms with Gasteiger partial charge in [0.15, 0.2) is 0 Å². The number of rotatable bonds is 2. The standard InChI is InChI=1S/C11H14N2O2/c14-10-6-12-11(15)13(8-10)7-9-4-2-1-3-5-9/h1-5,10,14H,6-8H2,(H,12,15)/t10-/m0/s1. The molecule has 1 aromatic rings. The summed E-state index contributed by atoms with van der Waals surface area (Å²) < 4.78 is 0. The van der Waals surface area contributed by atoms with Gasteiger partial charge in [0.2, 0.25) is 0 Å². The van der Waals surface area contributed by atoms with Gasteiger partial charge in [0, 0.05) is 13.1 Å². The molecule has 2 rings (SSSR count). The molecule has 1 saturated heterocycles. The van der Waals surface area contributed by atoms with E-state index in [0.29, 0.717) is 19.6 Å². The van der Waals surface area contributed by atoms with E-state index in [2.05, 4.69) is 5.32 Å². The van der Waals surface area contributed by atoms with Crippen molar-refractivity contribution < 1.29 is 9.90 Å². The Labute approximate surface area is 88.5 Å². The van der Waals surface area contributed by atoms with Gasteiger partial charge < -0.3 is 15.3 Å². The fraction of sp³-hybridized carbons (Fsp3) is 0.364. The first-order valence-corrected chi connectivity index (χ1v) is 5.00. The SMILES string of the molecule is O=C1NC[C@H](O)CN1Cc1ccccc1. The second kappa shape index (κ2) is 4.31. The highest BCUT2D eigenvalue weighted by atomic mass is 16.3. The highest BCUT2D eigenvalue weighted by Crippen LogP contribution is 2.07. The van der Waals surface area contributed by atoms with Crippen molar-refractivity contribution in [2.45, 2.75) is 12.6 Å². The molecule has 4 heteroatoms. The Kier molecular flexibility index (Phi) is 2.87. The molecular formula is C11H14N2O2. The Balaban J connectivity index is 2.01. The lowest BCUT2D eigenvalue weighted by molar-refractivity contribution is 0.0934. The third-order valence-electron chi connectivity index (χ3n) is 2.42. The summed E-state index contributed by atoms with van der Waals surface area (Å²) in [6.45, 7) is 1.30. The van der Waals surface area contributed by atoms with E-state index in [0.717, 1.165) is 5.56 Å². The van der Waals surface area contributed by atoms with Crippen LogP contribution in [0.5, 0.6) is 0 Å². The number of hydrogen-bond donors (Lipinski definition) is 2. The van der Waals surface area contributed by atoms with Gasteiger partial charge >= 0.3 is 6.03 Å². The summed E-state index contributed by atoms with van der Waals surface area (Å²) in [5.41, 5.74) is 1.07. The minimum absolute atomic E-state index is 0.107. The maximum Gasteiger partial charge on any atom is 0.317 e. The number of carbonyl (C=O) groups excluding carboxylic acids is 1. The molecule has 4 nitrogen and oxygen atoms in total. The molecule has 1 aromatic carbocycles. The van der Waals surface area contributed by atoms with E-state index in [1.807, 2.05) is 30.3 Å². The summed E-state index contributed by atoms with van der Waals surface area (Å²) in [6.07, 6.45) is -0.466. The molecule has 1 heterocycles. The van der Waals surface area contributed by atoms with Gasteiger partial charge in [-0.1, -0.05) is 30.3 Å². The number of β-amino-alcohol motifs (C(OH)–C–C–N with tert-alkyl or cyclic N) is 1. The average Bonchev–Trinajstić information content (AvgIpc) is 2.25. The maximum atomic E-state index is 11.4. The molecular weight excluding hydrogens is 192 g/mol. The number of carbonyl (C=O) groups is 1. The smallest absolute Gasteiger partial charge is 0.317 e. The molecule has 1 fully saturated rings. The number of aliphatic hydroxyl groups is 1. The van der Waals surface area contributed by atoms with Crippen LogP contribution in [-0.2, 0) is 6.54 Å². The van der Waals surface area contributed by atoms with E-state index in [-0.39, 0.29) is 6.03 Å². The van der Waals surface area contributed by atoms with Crippen molar-refractivity contribution in [2.75, 3.05) is 13.1 Å². The van der Waals surface area contributed by atoms with Crippen LogP contribution < -0.4 is 5.32 Å². The first kappa shape index (κ1) is 9.98. The van der Waals surface area contributed by atoms with E-state index in [4.69, 9.17) is 0 Å². The Hall–Kier alpha value is -1.55. The fourth-order valence-corrected chi connectivity index (χ4v) is 1.66. The van der Waals surface area contributed by atoms with Crippen molar-refractivity contribution in [3.05, 3.63) is 35.9 Å². The zero-order valence-electron chi connectivity index (χ0n) is 8.39. The van der Waals surface area contributed by atoms with Gasteiger partial charge in [-0.2, -0.15) is 0 Å². The predicted octanol–water partition coefficient (Wildman–Crippen LogP) is 0.573. The molecule has 80 valence electrons. The van der Waals surface area contributed by atoms with Crippen LogP contribution >= 0.6 is 0 Å². The lowest BCUT2D eigenvalue weighted by Crippen LogP contribution is -2.52. The first-order valence-electron chi connectivity index (χ1n) is 5.00. The largest absolute Gasteiger partial charge is 0.389 e. The van der Waals surface area contributed by atoms with E-state index in [1.165, 1.54) is 0 Å². The second-order valence-electron chi connectivity index (χ2n) is 3.71. The Morgan fingerprint density at radius 1 is 1.40 bits per heavy atom. The van der Waals surface area contributed by atoms with E-state index in [9.17, 15) is 9.90 Å². The number of aliphatic hydroxyl groups excluding tert-OH is 1. The number of amides is 2. The molecule has 1 atom stereocenters. The summed E-state index contributed by atoms with van der Waals surface area (Å²) in [5, 5.41) is 12.1. The summed E-state index contributed by atoms with van der Waals surface area (Å²) in [6, 6.07) is 9.64. The minimum atomic E-state index is -0.466. The minimum Gasteiger partial charge on any atom is -0.389 e. The molecule has 2 N–H and O–H groups in total. The molecule has 1 aliphatic rings. The first-order chi connectivity index (χ1) is 7.25. The van der Waals surface area contributed by atoms with Crippen molar-refractivity contribution in [2.24, 2.45) is 0 Å². The van der Waals surface area contributed by atoms with Crippen LogP contribution in [-0.4, -0.2) is 35.2 Å². The van der Waals surface area contributed by atoms with Crippen LogP contribution in [0.1, 0.15) is 5.56 Å².